The number of hydrogen-bond acceptors (Lipinski definition) is 3. The highest BCUT2D eigenvalue weighted by atomic mass is 16.3. The number of aliphatic hydroxyl groups is 1. The number of carbonyl (C=O) groups is 1. The average Bonchev–Trinajstić information content (AvgIpc) is 2.53. The summed E-state index contributed by atoms with van der Waals surface area (Å²) in [5, 5.41) is 16.7. The van der Waals surface area contributed by atoms with Crippen LogP contribution in [0.15, 0.2) is 6.07 Å². The van der Waals surface area contributed by atoms with E-state index in [2.05, 4.69) is 10.4 Å². The molecule has 1 heterocycles. The van der Waals surface area contributed by atoms with Gasteiger partial charge in [0.05, 0.1) is 17.3 Å². The summed E-state index contributed by atoms with van der Waals surface area (Å²) >= 11 is 0. The van der Waals surface area contributed by atoms with Crippen molar-refractivity contribution in [3.05, 3.63) is 17.5 Å². The fourth-order valence-corrected chi connectivity index (χ4v) is 1.64. The minimum absolute atomic E-state index is 0.0755. The summed E-state index contributed by atoms with van der Waals surface area (Å²) in [6.45, 7) is 9.73. The number of aliphatic hydroxyl groups excluding tert-OH is 1. The van der Waals surface area contributed by atoms with Crippen LogP contribution < -0.4 is 5.32 Å². The first-order chi connectivity index (χ1) is 8.22. The van der Waals surface area contributed by atoms with Crippen molar-refractivity contribution in [2.75, 3.05) is 0 Å². The van der Waals surface area contributed by atoms with Crippen molar-refractivity contribution < 1.29 is 9.90 Å². The molecular formula is C13H23N3O2. The number of carbonyl (C=O) groups excluding carboxylic acids is 1. The SMILES string of the molecule is Cc1cc(C)n(CCC(=O)NC(C)(C)C(C)O)n1. The van der Waals surface area contributed by atoms with Crippen LogP contribution in [-0.2, 0) is 11.3 Å². The second-order valence-corrected chi connectivity index (χ2v) is 5.35. The maximum Gasteiger partial charge on any atom is 0.222 e. The zero-order valence-corrected chi connectivity index (χ0v) is 11.8. The van der Waals surface area contributed by atoms with Crippen molar-refractivity contribution in [1.82, 2.24) is 15.1 Å². The number of nitrogens with one attached hydrogen (secondary N) is 1. The zero-order valence-electron chi connectivity index (χ0n) is 11.8. The summed E-state index contributed by atoms with van der Waals surface area (Å²) in [5.41, 5.74) is 1.40. The minimum atomic E-state index is -0.605. The molecule has 1 aromatic heterocycles. The van der Waals surface area contributed by atoms with Crippen LogP contribution in [0.2, 0.25) is 0 Å². The molecule has 1 unspecified atom stereocenters. The third-order valence-corrected chi connectivity index (χ3v) is 3.16. The lowest BCUT2D eigenvalue weighted by Crippen LogP contribution is -2.51. The first-order valence-electron chi connectivity index (χ1n) is 6.22. The molecule has 0 saturated carbocycles. The van der Waals surface area contributed by atoms with Crippen LogP contribution in [0.1, 0.15) is 38.6 Å². The lowest BCUT2D eigenvalue weighted by Gasteiger charge is -2.29. The summed E-state index contributed by atoms with van der Waals surface area (Å²) in [6, 6.07) is 1.98. The molecule has 1 rings (SSSR count). The van der Waals surface area contributed by atoms with Crippen molar-refractivity contribution in [2.24, 2.45) is 0 Å². The Morgan fingerprint density at radius 2 is 2.17 bits per heavy atom. The van der Waals surface area contributed by atoms with Gasteiger partial charge in [-0.3, -0.25) is 9.48 Å². The minimum Gasteiger partial charge on any atom is -0.391 e. The van der Waals surface area contributed by atoms with Gasteiger partial charge >= 0.3 is 0 Å². The van der Waals surface area contributed by atoms with E-state index in [-0.39, 0.29) is 5.91 Å². The van der Waals surface area contributed by atoms with E-state index in [0.717, 1.165) is 11.4 Å². The highest BCUT2D eigenvalue weighted by molar-refractivity contribution is 5.76. The molecule has 1 amide bonds. The normalized spacial score (nSPS) is 13.4. The van der Waals surface area contributed by atoms with Gasteiger partial charge in [-0.2, -0.15) is 5.10 Å². The Hall–Kier alpha value is -1.36. The second kappa shape index (κ2) is 5.52. The number of nitrogens with zero attached hydrogens (tertiary/aromatic N) is 2. The molecule has 5 heteroatoms. The smallest absolute Gasteiger partial charge is 0.222 e. The fraction of sp³-hybridized carbons (Fsp3) is 0.692. The van der Waals surface area contributed by atoms with Crippen molar-refractivity contribution >= 4 is 5.91 Å². The molecule has 5 nitrogen and oxygen atoms in total. The Labute approximate surface area is 108 Å². The summed E-state index contributed by atoms with van der Waals surface area (Å²) < 4.78 is 1.82. The quantitative estimate of drug-likeness (QED) is 0.827. The molecule has 0 aliphatic rings. The monoisotopic (exact) mass is 253 g/mol. The van der Waals surface area contributed by atoms with E-state index in [0.29, 0.717) is 13.0 Å². The Balaban J connectivity index is 2.50. The molecule has 0 aromatic carbocycles. The topological polar surface area (TPSA) is 67.2 Å². The molecular weight excluding hydrogens is 230 g/mol. The van der Waals surface area contributed by atoms with Crippen LogP contribution in [0.3, 0.4) is 0 Å². The molecule has 18 heavy (non-hydrogen) atoms. The summed E-state index contributed by atoms with van der Waals surface area (Å²) in [7, 11) is 0. The predicted molar refractivity (Wildman–Crippen MR) is 70.2 cm³/mol. The van der Waals surface area contributed by atoms with E-state index < -0.39 is 11.6 Å². The van der Waals surface area contributed by atoms with Gasteiger partial charge in [-0.1, -0.05) is 0 Å². The largest absolute Gasteiger partial charge is 0.391 e. The zero-order chi connectivity index (χ0) is 13.9. The third-order valence-electron chi connectivity index (χ3n) is 3.16. The second-order valence-electron chi connectivity index (χ2n) is 5.35. The molecule has 2 N–H and O–H groups in total. The molecule has 0 radical (unpaired) electrons. The number of amides is 1. The maximum absolute atomic E-state index is 11.8. The first-order valence-corrected chi connectivity index (χ1v) is 6.22. The molecule has 0 bridgehead atoms. The number of aryl methyl sites for hydroxylation is 3. The van der Waals surface area contributed by atoms with Gasteiger partial charge in [0.1, 0.15) is 0 Å². The van der Waals surface area contributed by atoms with Gasteiger partial charge in [0, 0.05) is 18.7 Å². The van der Waals surface area contributed by atoms with Crippen molar-refractivity contribution in [3.8, 4) is 0 Å². The molecule has 102 valence electrons. The van der Waals surface area contributed by atoms with Crippen LogP contribution in [-0.4, -0.2) is 32.4 Å². The first kappa shape index (κ1) is 14.7. The van der Waals surface area contributed by atoms with Gasteiger partial charge in [-0.25, -0.2) is 0 Å². The maximum atomic E-state index is 11.8. The molecule has 0 aliphatic carbocycles. The van der Waals surface area contributed by atoms with Crippen LogP contribution in [0.25, 0.3) is 0 Å². The van der Waals surface area contributed by atoms with E-state index in [9.17, 15) is 9.90 Å². The van der Waals surface area contributed by atoms with Gasteiger partial charge in [0.2, 0.25) is 5.91 Å². The van der Waals surface area contributed by atoms with E-state index in [1.54, 1.807) is 20.8 Å². The fourth-order valence-electron chi connectivity index (χ4n) is 1.64. The van der Waals surface area contributed by atoms with Gasteiger partial charge in [0.25, 0.3) is 0 Å². The van der Waals surface area contributed by atoms with Crippen LogP contribution in [0.4, 0.5) is 0 Å². The molecule has 0 saturated heterocycles. The Morgan fingerprint density at radius 3 is 2.61 bits per heavy atom. The average molecular weight is 253 g/mol. The van der Waals surface area contributed by atoms with E-state index >= 15 is 0 Å². The molecule has 1 atom stereocenters. The highest BCUT2D eigenvalue weighted by Crippen LogP contribution is 2.09. The van der Waals surface area contributed by atoms with Crippen LogP contribution >= 0.6 is 0 Å². The van der Waals surface area contributed by atoms with Gasteiger partial charge in [-0.15, -0.1) is 0 Å². The Bertz CT molecular complexity index is 422. The van der Waals surface area contributed by atoms with Gasteiger partial charge in [0.15, 0.2) is 0 Å². The predicted octanol–water partition coefficient (Wildman–Crippen LogP) is 1.17. The van der Waals surface area contributed by atoms with Gasteiger partial charge < -0.3 is 10.4 Å². The van der Waals surface area contributed by atoms with E-state index in [4.69, 9.17) is 0 Å². The third kappa shape index (κ3) is 3.84. The van der Waals surface area contributed by atoms with Crippen LogP contribution in [0, 0.1) is 13.8 Å². The van der Waals surface area contributed by atoms with Crippen LogP contribution in [0.5, 0.6) is 0 Å². The Kier molecular flexibility index (Phi) is 4.51. The highest BCUT2D eigenvalue weighted by Gasteiger charge is 2.25. The van der Waals surface area contributed by atoms with Crippen molar-refractivity contribution in [3.63, 3.8) is 0 Å². The molecule has 0 aliphatic heterocycles. The summed E-state index contributed by atoms with van der Waals surface area (Å²) in [5.74, 6) is -0.0755. The number of aromatic nitrogens is 2. The molecule has 0 fully saturated rings. The molecule has 1 aromatic rings. The molecule has 0 spiro atoms. The van der Waals surface area contributed by atoms with Gasteiger partial charge in [-0.05, 0) is 40.7 Å². The summed E-state index contributed by atoms with van der Waals surface area (Å²) in [6.07, 6.45) is -0.229. The Morgan fingerprint density at radius 1 is 1.56 bits per heavy atom. The standard InChI is InChI=1S/C13H23N3O2/c1-9-8-10(2)16(15-9)7-6-12(18)14-13(4,5)11(3)17/h8,11,17H,6-7H2,1-5H3,(H,14,18). The lowest BCUT2D eigenvalue weighted by atomic mass is 9.98. The summed E-state index contributed by atoms with van der Waals surface area (Å²) in [4.78, 5) is 11.8. The van der Waals surface area contributed by atoms with E-state index in [1.165, 1.54) is 0 Å². The number of hydrogen-bond donors (Lipinski definition) is 2. The van der Waals surface area contributed by atoms with E-state index in [1.807, 2.05) is 24.6 Å². The van der Waals surface area contributed by atoms with Crippen molar-refractivity contribution in [2.45, 2.75) is 59.2 Å². The number of rotatable bonds is 5. The lowest BCUT2D eigenvalue weighted by molar-refractivity contribution is -0.124. The van der Waals surface area contributed by atoms with Crippen molar-refractivity contribution in [1.29, 1.82) is 0 Å².